The summed E-state index contributed by atoms with van der Waals surface area (Å²) in [6, 6.07) is 4.64. The summed E-state index contributed by atoms with van der Waals surface area (Å²) in [7, 11) is 0. The fraction of sp³-hybridized carbons (Fsp3) is 0.600. The zero-order chi connectivity index (χ0) is 12.8. The summed E-state index contributed by atoms with van der Waals surface area (Å²) in [6.45, 7) is 14.5. The second kappa shape index (κ2) is 3.66. The van der Waals surface area contributed by atoms with E-state index in [0.717, 1.165) is 6.67 Å². The minimum Gasteiger partial charge on any atom is -0.366 e. The van der Waals surface area contributed by atoms with Gasteiger partial charge in [-0.1, -0.05) is 47.6 Å². The highest BCUT2D eigenvalue weighted by molar-refractivity contribution is 5.79. The Hall–Kier alpha value is -1.18. The standard InChI is InChI=1S/C15H24N2/c1-14(2,3)10-7-11(15(4,5)6)13-12(8-10)16-9-17-13/h7-8,16-17H,9H2,1-6H3. The molecule has 1 aromatic carbocycles. The molecule has 2 N–H and O–H groups in total. The first-order valence-corrected chi connectivity index (χ1v) is 6.36. The van der Waals surface area contributed by atoms with Gasteiger partial charge in [-0.25, -0.2) is 0 Å². The van der Waals surface area contributed by atoms with Crippen molar-refractivity contribution in [2.24, 2.45) is 0 Å². The SMILES string of the molecule is CC(C)(C)c1cc2c(c(C(C)(C)C)c1)NCN2. The molecule has 0 radical (unpaired) electrons. The second-order valence-electron chi connectivity index (χ2n) is 6.98. The van der Waals surface area contributed by atoms with E-state index in [4.69, 9.17) is 0 Å². The second-order valence-corrected chi connectivity index (χ2v) is 6.98. The fourth-order valence-electron chi connectivity index (χ4n) is 2.22. The Balaban J connectivity index is 2.62. The fourth-order valence-corrected chi connectivity index (χ4v) is 2.22. The lowest BCUT2D eigenvalue weighted by atomic mass is 9.79. The molecule has 0 atom stereocenters. The Morgan fingerprint density at radius 1 is 0.882 bits per heavy atom. The van der Waals surface area contributed by atoms with Crippen LogP contribution in [0.25, 0.3) is 0 Å². The maximum atomic E-state index is 3.44. The van der Waals surface area contributed by atoms with Crippen molar-refractivity contribution in [2.75, 3.05) is 17.3 Å². The summed E-state index contributed by atoms with van der Waals surface area (Å²) in [6.07, 6.45) is 0. The molecule has 0 fully saturated rings. The van der Waals surface area contributed by atoms with Gasteiger partial charge >= 0.3 is 0 Å². The molecular weight excluding hydrogens is 208 g/mol. The van der Waals surface area contributed by atoms with Gasteiger partial charge in [-0.05, 0) is 28.0 Å². The third-order valence-electron chi connectivity index (χ3n) is 3.36. The predicted molar refractivity (Wildman–Crippen MR) is 76.0 cm³/mol. The van der Waals surface area contributed by atoms with Crippen LogP contribution in [-0.4, -0.2) is 6.67 Å². The van der Waals surface area contributed by atoms with Crippen LogP contribution < -0.4 is 10.6 Å². The summed E-state index contributed by atoms with van der Waals surface area (Å²) in [5.74, 6) is 0. The highest BCUT2D eigenvalue weighted by atomic mass is 15.1. The number of anilines is 2. The topological polar surface area (TPSA) is 24.1 Å². The third-order valence-corrected chi connectivity index (χ3v) is 3.36. The van der Waals surface area contributed by atoms with Crippen LogP contribution in [0, 0.1) is 0 Å². The third kappa shape index (κ3) is 2.26. The zero-order valence-corrected chi connectivity index (χ0v) is 11.9. The van der Waals surface area contributed by atoms with Gasteiger partial charge in [0, 0.05) is 0 Å². The van der Waals surface area contributed by atoms with Crippen molar-refractivity contribution in [3.05, 3.63) is 23.3 Å². The van der Waals surface area contributed by atoms with E-state index >= 15 is 0 Å². The summed E-state index contributed by atoms with van der Waals surface area (Å²) in [5, 5.41) is 6.86. The lowest BCUT2D eigenvalue weighted by molar-refractivity contribution is 0.570. The largest absolute Gasteiger partial charge is 0.366 e. The first-order valence-electron chi connectivity index (χ1n) is 6.36. The first-order chi connectivity index (χ1) is 7.69. The van der Waals surface area contributed by atoms with Crippen LogP contribution in [-0.2, 0) is 10.8 Å². The summed E-state index contributed by atoms with van der Waals surface area (Å²) < 4.78 is 0. The van der Waals surface area contributed by atoms with Crippen molar-refractivity contribution < 1.29 is 0 Å². The lowest BCUT2D eigenvalue weighted by Gasteiger charge is -2.27. The van der Waals surface area contributed by atoms with Gasteiger partial charge in [-0.2, -0.15) is 0 Å². The number of rotatable bonds is 0. The van der Waals surface area contributed by atoms with Crippen molar-refractivity contribution in [1.29, 1.82) is 0 Å². The van der Waals surface area contributed by atoms with E-state index < -0.39 is 0 Å². The molecule has 2 heteroatoms. The molecule has 17 heavy (non-hydrogen) atoms. The van der Waals surface area contributed by atoms with E-state index in [-0.39, 0.29) is 10.8 Å². The van der Waals surface area contributed by atoms with Crippen LogP contribution in [0.2, 0.25) is 0 Å². The molecule has 1 aliphatic heterocycles. The van der Waals surface area contributed by atoms with E-state index in [1.807, 2.05) is 0 Å². The Morgan fingerprint density at radius 3 is 2.06 bits per heavy atom. The highest BCUT2D eigenvalue weighted by Crippen LogP contribution is 2.41. The van der Waals surface area contributed by atoms with E-state index in [2.05, 4.69) is 64.3 Å². The van der Waals surface area contributed by atoms with Crippen LogP contribution in [0.15, 0.2) is 12.1 Å². The molecule has 2 rings (SSSR count). The van der Waals surface area contributed by atoms with Gasteiger partial charge in [0.15, 0.2) is 0 Å². The molecule has 0 aromatic heterocycles. The number of fused-ring (bicyclic) bond motifs is 1. The van der Waals surface area contributed by atoms with E-state index in [0.29, 0.717) is 0 Å². The van der Waals surface area contributed by atoms with Crippen LogP contribution in [0.1, 0.15) is 52.7 Å². The Bertz CT molecular complexity index is 433. The van der Waals surface area contributed by atoms with Crippen LogP contribution in [0.4, 0.5) is 11.4 Å². The minimum absolute atomic E-state index is 0.171. The van der Waals surface area contributed by atoms with E-state index in [9.17, 15) is 0 Å². The minimum atomic E-state index is 0.171. The van der Waals surface area contributed by atoms with Crippen molar-refractivity contribution in [3.63, 3.8) is 0 Å². The molecule has 0 aliphatic carbocycles. The Morgan fingerprint density at radius 2 is 1.53 bits per heavy atom. The van der Waals surface area contributed by atoms with Gasteiger partial charge in [-0.3, -0.25) is 0 Å². The lowest BCUT2D eigenvalue weighted by Crippen LogP contribution is -2.17. The van der Waals surface area contributed by atoms with Gasteiger partial charge in [0.05, 0.1) is 18.0 Å². The number of nitrogens with one attached hydrogen (secondary N) is 2. The monoisotopic (exact) mass is 232 g/mol. The molecule has 94 valence electrons. The van der Waals surface area contributed by atoms with Crippen LogP contribution >= 0.6 is 0 Å². The van der Waals surface area contributed by atoms with Crippen molar-refractivity contribution in [3.8, 4) is 0 Å². The zero-order valence-electron chi connectivity index (χ0n) is 11.9. The summed E-state index contributed by atoms with van der Waals surface area (Å²) >= 11 is 0. The van der Waals surface area contributed by atoms with Gasteiger partial charge in [0.1, 0.15) is 0 Å². The van der Waals surface area contributed by atoms with E-state index in [1.165, 1.54) is 22.5 Å². The number of benzene rings is 1. The molecule has 0 unspecified atom stereocenters. The summed E-state index contributed by atoms with van der Waals surface area (Å²) in [4.78, 5) is 0. The maximum Gasteiger partial charge on any atom is 0.0850 e. The molecule has 1 heterocycles. The normalized spacial score (nSPS) is 15.2. The number of hydrogen-bond acceptors (Lipinski definition) is 2. The van der Waals surface area contributed by atoms with E-state index in [1.54, 1.807) is 0 Å². The van der Waals surface area contributed by atoms with Gasteiger partial charge in [0.2, 0.25) is 0 Å². The molecule has 0 bridgehead atoms. The molecule has 0 amide bonds. The van der Waals surface area contributed by atoms with Gasteiger partial charge in [0.25, 0.3) is 0 Å². The molecule has 0 spiro atoms. The van der Waals surface area contributed by atoms with Crippen molar-refractivity contribution in [1.82, 2.24) is 0 Å². The average Bonchev–Trinajstić information content (AvgIpc) is 2.59. The average molecular weight is 232 g/mol. The first kappa shape index (κ1) is 12.3. The molecular formula is C15H24N2. The molecule has 1 aromatic rings. The van der Waals surface area contributed by atoms with Crippen molar-refractivity contribution in [2.45, 2.75) is 52.4 Å². The molecule has 1 aliphatic rings. The molecule has 2 nitrogen and oxygen atoms in total. The quantitative estimate of drug-likeness (QED) is 0.704. The van der Waals surface area contributed by atoms with Crippen LogP contribution in [0.3, 0.4) is 0 Å². The van der Waals surface area contributed by atoms with Gasteiger partial charge < -0.3 is 10.6 Å². The highest BCUT2D eigenvalue weighted by Gasteiger charge is 2.26. The van der Waals surface area contributed by atoms with Crippen molar-refractivity contribution >= 4 is 11.4 Å². The van der Waals surface area contributed by atoms with Crippen LogP contribution in [0.5, 0.6) is 0 Å². The Labute approximate surface area is 105 Å². The molecule has 0 saturated carbocycles. The van der Waals surface area contributed by atoms with Gasteiger partial charge in [-0.15, -0.1) is 0 Å². The smallest absolute Gasteiger partial charge is 0.0850 e. The maximum absolute atomic E-state index is 3.44. The molecule has 0 saturated heterocycles. The Kier molecular flexibility index (Phi) is 2.64. The predicted octanol–water partition coefficient (Wildman–Crippen LogP) is 4.08. The summed E-state index contributed by atoms with van der Waals surface area (Å²) in [5.41, 5.74) is 5.71. The number of hydrogen-bond donors (Lipinski definition) is 2.